The molecule has 0 bridgehead atoms. The molecule has 0 unspecified atom stereocenters. The van der Waals surface area contributed by atoms with E-state index in [2.05, 4.69) is 13.8 Å². The van der Waals surface area contributed by atoms with Crippen LogP contribution >= 0.6 is 0 Å². The number of hydrogen-bond donors (Lipinski definition) is 1. The van der Waals surface area contributed by atoms with E-state index < -0.39 is 5.56 Å². The quantitative estimate of drug-likeness (QED) is 0.520. The van der Waals surface area contributed by atoms with Gasteiger partial charge in [0.2, 0.25) is 5.75 Å². The molecule has 0 aliphatic heterocycles. The lowest BCUT2D eigenvalue weighted by molar-refractivity contribution is 0.290. The van der Waals surface area contributed by atoms with Gasteiger partial charge in [0.15, 0.2) is 5.75 Å². The van der Waals surface area contributed by atoms with Crippen LogP contribution in [0.5, 0.6) is 17.2 Å². The minimum Gasteiger partial charge on any atom is -0.500 e. The van der Waals surface area contributed by atoms with Crippen molar-refractivity contribution in [1.29, 1.82) is 0 Å². The molecule has 27 heavy (non-hydrogen) atoms. The third kappa shape index (κ3) is 5.65. The molecule has 2 rings (SSSR count). The van der Waals surface area contributed by atoms with E-state index in [1.165, 1.54) is 17.4 Å². The van der Waals surface area contributed by atoms with E-state index in [1.54, 1.807) is 7.05 Å². The summed E-state index contributed by atoms with van der Waals surface area (Å²) in [4.78, 5) is 12.4. The molecule has 1 aromatic heterocycles. The normalized spacial score (nSPS) is 11.1. The average Bonchev–Trinajstić information content (AvgIpc) is 2.68. The number of benzene rings is 1. The van der Waals surface area contributed by atoms with Gasteiger partial charge in [-0.2, -0.15) is 0 Å². The van der Waals surface area contributed by atoms with Gasteiger partial charge < -0.3 is 19.1 Å². The van der Waals surface area contributed by atoms with Crippen molar-refractivity contribution in [3.05, 3.63) is 28.6 Å². The van der Waals surface area contributed by atoms with Gasteiger partial charge >= 0.3 is 0 Å². The third-order valence-corrected chi connectivity index (χ3v) is 4.81. The van der Waals surface area contributed by atoms with Crippen LogP contribution in [0.3, 0.4) is 0 Å². The number of aryl methyl sites for hydroxylation is 1. The monoisotopic (exact) mass is 375 g/mol. The maximum atomic E-state index is 12.4. The fraction of sp³-hybridized carbons (Fsp3) is 0.591. The average molecular weight is 376 g/mol. The topological polar surface area (TPSA) is 60.7 Å². The SMILES string of the molecule is CCCCCCOc1ccc2c(OCCCCCC)c(O)c(=O)n(C)c2c1. The number of aromatic nitrogens is 1. The van der Waals surface area contributed by atoms with Gasteiger partial charge in [0, 0.05) is 18.5 Å². The van der Waals surface area contributed by atoms with E-state index in [-0.39, 0.29) is 11.5 Å². The summed E-state index contributed by atoms with van der Waals surface area (Å²) in [6.07, 6.45) is 8.89. The lowest BCUT2D eigenvalue weighted by atomic mass is 10.1. The highest BCUT2D eigenvalue weighted by molar-refractivity contribution is 5.88. The smallest absolute Gasteiger partial charge is 0.296 e. The Morgan fingerprint density at radius 3 is 2.19 bits per heavy atom. The Bertz CT molecular complexity index is 782. The minimum absolute atomic E-state index is 0.277. The van der Waals surface area contributed by atoms with Gasteiger partial charge in [-0.05, 0) is 25.0 Å². The number of nitrogens with zero attached hydrogens (tertiary/aromatic N) is 1. The number of pyridine rings is 1. The number of rotatable bonds is 12. The first kappa shape index (κ1) is 21.1. The van der Waals surface area contributed by atoms with Gasteiger partial charge in [0.25, 0.3) is 5.56 Å². The minimum atomic E-state index is -0.453. The van der Waals surface area contributed by atoms with Gasteiger partial charge in [-0.3, -0.25) is 4.79 Å². The lowest BCUT2D eigenvalue weighted by Crippen LogP contribution is -2.18. The Kier molecular flexibility index (Phi) is 8.49. The summed E-state index contributed by atoms with van der Waals surface area (Å²) in [6, 6.07) is 5.58. The summed E-state index contributed by atoms with van der Waals surface area (Å²) in [6.45, 7) is 5.50. The Morgan fingerprint density at radius 1 is 0.926 bits per heavy atom. The Balaban J connectivity index is 2.17. The Morgan fingerprint density at radius 2 is 1.56 bits per heavy atom. The molecule has 0 aliphatic carbocycles. The van der Waals surface area contributed by atoms with Crippen molar-refractivity contribution in [3.8, 4) is 17.2 Å². The maximum absolute atomic E-state index is 12.4. The van der Waals surface area contributed by atoms with Crippen LogP contribution in [0.2, 0.25) is 0 Å². The molecule has 0 saturated carbocycles. The molecule has 1 aromatic carbocycles. The molecule has 0 radical (unpaired) electrons. The largest absolute Gasteiger partial charge is 0.500 e. The van der Waals surface area contributed by atoms with Crippen LogP contribution in [0.25, 0.3) is 10.9 Å². The summed E-state index contributed by atoms with van der Waals surface area (Å²) >= 11 is 0. The number of ether oxygens (including phenoxy) is 2. The molecule has 0 spiro atoms. The second-order valence-corrected chi connectivity index (χ2v) is 7.04. The molecule has 1 N–H and O–H groups in total. The second kappa shape index (κ2) is 10.9. The van der Waals surface area contributed by atoms with Crippen molar-refractivity contribution in [2.45, 2.75) is 65.2 Å². The van der Waals surface area contributed by atoms with E-state index in [4.69, 9.17) is 9.47 Å². The van der Waals surface area contributed by atoms with Crippen molar-refractivity contribution in [2.24, 2.45) is 7.05 Å². The molecule has 0 fully saturated rings. The number of unbranched alkanes of at least 4 members (excludes halogenated alkanes) is 6. The van der Waals surface area contributed by atoms with E-state index in [0.717, 1.165) is 49.7 Å². The van der Waals surface area contributed by atoms with Crippen LogP contribution in [-0.4, -0.2) is 22.9 Å². The van der Waals surface area contributed by atoms with Crippen LogP contribution in [0.15, 0.2) is 23.0 Å². The molecule has 150 valence electrons. The zero-order chi connectivity index (χ0) is 19.6. The predicted octanol–water partition coefficient (Wildman–Crippen LogP) is 5.16. The fourth-order valence-corrected chi connectivity index (χ4v) is 3.13. The predicted molar refractivity (Wildman–Crippen MR) is 110 cm³/mol. The Labute approximate surface area is 161 Å². The van der Waals surface area contributed by atoms with Crippen molar-refractivity contribution in [1.82, 2.24) is 4.57 Å². The first-order chi connectivity index (χ1) is 13.1. The first-order valence-electron chi connectivity index (χ1n) is 10.2. The fourth-order valence-electron chi connectivity index (χ4n) is 3.13. The summed E-state index contributed by atoms with van der Waals surface area (Å²) in [5.41, 5.74) is 0.249. The van der Waals surface area contributed by atoms with Crippen LogP contribution in [0.1, 0.15) is 65.2 Å². The first-order valence-corrected chi connectivity index (χ1v) is 10.2. The zero-order valence-electron chi connectivity index (χ0n) is 16.9. The molecular weight excluding hydrogens is 342 g/mol. The standard InChI is InChI=1S/C22H33NO4/c1-4-6-8-10-14-26-17-12-13-18-19(16-17)23(3)22(25)20(24)21(18)27-15-11-9-7-5-2/h12-13,16,24H,4-11,14-15H2,1-3H3. The van der Waals surface area contributed by atoms with Crippen LogP contribution in [0.4, 0.5) is 0 Å². The second-order valence-electron chi connectivity index (χ2n) is 7.04. The molecule has 0 amide bonds. The summed E-state index contributed by atoms with van der Waals surface area (Å²) in [5.74, 6) is 0.682. The molecule has 2 aromatic rings. The highest BCUT2D eigenvalue weighted by atomic mass is 16.5. The number of aromatic hydroxyl groups is 1. The van der Waals surface area contributed by atoms with Gasteiger partial charge in [-0.1, -0.05) is 52.4 Å². The summed E-state index contributed by atoms with van der Waals surface area (Å²) in [5, 5.41) is 11.0. The molecule has 5 heteroatoms. The molecule has 0 atom stereocenters. The van der Waals surface area contributed by atoms with Gasteiger partial charge in [-0.15, -0.1) is 0 Å². The summed E-state index contributed by atoms with van der Waals surface area (Å²) in [7, 11) is 1.65. The molecule has 0 saturated heterocycles. The maximum Gasteiger partial charge on any atom is 0.296 e. The van der Waals surface area contributed by atoms with E-state index in [9.17, 15) is 9.90 Å². The highest BCUT2D eigenvalue weighted by Crippen LogP contribution is 2.33. The van der Waals surface area contributed by atoms with Crippen LogP contribution < -0.4 is 15.0 Å². The van der Waals surface area contributed by atoms with Crippen molar-refractivity contribution < 1.29 is 14.6 Å². The van der Waals surface area contributed by atoms with Crippen LogP contribution in [-0.2, 0) is 7.05 Å². The van der Waals surface area contributed by atoms with E-state index >= 15 is 0 Å². The lowest BCUT2D eigenvalue weighted by Gasteiger charge is -2.15. The molecule has 1 heterocycles. The van der Waals surface area contributed by atoms with Gasteiger partial charge in [0.1, 0.15) is 5.75 Å². The van der Waals surface area contributed by atoms with Crippen molar-refractivity contribution in [3.63, 3.8) is 0 Å². The van der Waals surface area contributed by atoms with Crippen molar-refractivity contribution in [2.75, 3.05) is 13.2 Å². The third-order valence-electron chi connectivity index (χ3n) is 4.81. The van der Waals surface area contributed by atoms with Gasteiger partial charge in [-0.25, -0.2) is 0 Å². The molecule has 0 aliphatic rings. The van der Waals surface area contributed by atoms with E-state index in [0.29, 0.717) is 18.7 Å². The molecular formula is C22H33NO4. The number of fused-ring (bicyclic) bond motifs is 1. The number of hydrogen-bond acceptors (Lipinski definition) is 4. The van der Waals surface area contributed by atoms with Gasteiger partial charge in [0.05, 0.1) is 18.7 Å². The van der Waals surface area contributed by atoms with Crippen LogP contribution in [0, 0.1) is 0 Å². The zero-order valence-corrected chi connectivity index (χ0v) is 16.9. The summed E-state index contributed by atoms with van der Waals surface area (Å²) < 4.78 is 13.1. The van der Waals surface area contributed by atoms with Crippen molar-refractivity contribution >= 4 is 10.9 Å². The highest BCUT2D eigenvalue weighted by Gasteiger charge is 2.16. The Hall–Kier alpha value is -2.17. The van der Waals surface area contributed by atoms with E-state index in [1.807, 2.05) is 18.2 Å². The molecule has 5 nitrogen and oxygen atoms in total.